The lowest BCUT2D eigenvalue weighted by molar-refractivity contribution is -0.143. The second kappa shape index (κ2) is 13.3. The molecule has 0 N–H and O–H groups in total. The minimum absolute atomic E-state index is 0.0578. The highest BCUT2D eigenvalue weighted by Gasteiger charge is 2.49. The molecule has 0 aromatic heterocycles. The van der Waals surface area contributed by atoms with Gasteiger partial charge in [0.05, 0.1) is 18.2 Å². The molecule has 1 atom stereocenters. The maximum atomic E-state index is 13.8. The van der Waals surface area contributed by atoms with Gasteiger partial charge in [0.15, 0.2) is 11.5 Å². The molecule has 1 aliphatic rings. The fourth-order valence-electron chi connectivity index (χ4n) is 4.96. The number of benzene rings is 3. The highest BCUT2D eigenvalue weighted by Crippen LogP contribution is 2.40. The standard InChI is InChI=1S/C29H24F9IN2O5S/c1-45-24-11-19(7-8-23(24)46-47(43,44)29(36,37)38)15-26(39)17-40(16-18-5-3-2-4-6-18)9-10-41(26)25(42)20-12-21(27(30,31)32)14-22(13-20)28(33,34)35/h2-8,11-14H,9-10,15-17H2,1H3/t26-/m0/s1. The number of hydrogen-bond acceptors (Lipinski definition) is 6. The van der Waals surface area contributed by atoms with Crippen LogP contribution >= 0.6 is 22.6 Å². The van der Waals surface area contributed by atoms with Crippen molar-refractivity contribution in [3.8, 4) is 11.5 Å². The predicted octanol–water partition coefficient (Wildman–Crippen LogP) is 7.29. The third kappa shape index (κ3) is 8.62. The molecular weight excluding hydrogens is 786 g/mol. The Morgan fingerprint density at radius 2 is 1.43 bits per heavy atom. The lowest BCUT2D eigenvalue weighted by Crippen LogP contribution is -2.61. The first-order chi connectivity index (χ1) is 21.6. The van der Waals surface area contributed by atoms with Gasteiger partial charge in [-0.15, -0.1) is 0 Å². The first-order valence-electron chi connectivity index (χ1n) is 13.4. The van der Waals surface area contributed by atoms with Crippen LogP contribution in [-0.2, 0) is 35.4 Å². The van der Waals surface area contributed by atoms with Crippen LogP contribution in [0.3, 0.4) is 0 Å². The summed E-state index contributed by atoms with van der Waals surface area (Å²) in [6.07, 6.45) is -10.5. The van der Waals surface area contributed by atoms with Gasteiger partial charge in [-0.1, -0.05) is 59.0 Å². The van der Waals surface area contributed by atoms with E-state index >= 15 is 0 Å². The van der Waals surface area contributed by atoms with Crippen LogP contribution in [0.25, 0.3) is 0 Å². The van der Waals surface area contributed by atoms with Crippen molar-refractivity contribution in [2.45, 2.75) is 34.4 Å². The number of amides is 1. The van der Waals surface area contributed by atoms with Gasteiger partial charge in [0.2, 0.25) is 0 Å². The van der Waals surface area contributed by atoms with E-state index in [1.54, 1.807) is 18.2 Å². The molecule has 18 heteroatoms. The molecular formula is C29H24F9IN2O5S. The summed E-state index contributed by atoms with van der Waals surface area (Å²) in [4.78, 5) is 16.9. The molecule has 0 unspecified atom stereocenters. The summed E-state index contributed by atoms with van der Waals surface area (Å²) in [6.45, 7) is 0.513. The fraction of sp³-hybridized carbons (Fsp3) is 0.345. The molecule has 0 aliphatic carbocycles. The van der Waals surface area contributed by atoms with Crippen LogP contribution in [0.4, 0.5) is 39.5 Å². The van der Waals surface area contributed by atoms with Crippen molar-refractivity contribution in [3.05, 3.63) is 94.5 Å². The molecule has 0 bridgehead atoms. The quantitative estimate of drug-likeness (QED) is 0.0595. The number of hydrogen-bond donors (Lipinski definition) is 0. The fourth-order valence-corrected chi connectivity index (χ4v) is 6.82. The topological polar surface area (TPSA) is 76.2 Å². The average Bonchev–Trinajstić information content (AvgIpc) is 2.96. The van der Waals surface area contributed by atoms with Crippen molar-refractivity contribution in [3.63, 3.8) is 0 Å². The van der Waals surface area contributed by atoms with E-state index in [-0.39, 0.29) is 37.7 Å². The van der Waals surface area contributed by atoms with Crippen LogP contribution in [-0.4, -0.2) is 59.9 Å². The Hall–Kier alpha value is -3.26. The third-order valence-electron chi connectivity index (χ3n) is 7.10. The highest BCUT2D eigenvalue weighted by molar-refractivity contribution is 14.1. The van der Waals surface area contributed by atoms with Crippen molar-refractivity contribution < 1.29 is 61.6 Å². The number of rotatable bonds is 8. The van der Waals surface area contributed by atoms with Crippen molar-refractivity contribution >= 4 is 38.6 Å². The molecule has 1 aliphatic heterocycles. The summed E-state index contributed by atoms with van der Waals surface area (Å²) >= 11 is 1.87. The van der Waals surface area contributed by atoms with Crippen LogP contribution < -0.4 is 8.92 Å². The van der Waals surface area contributed by atoms with Crippen LogP contribution in [0.1, 0.15) is 32.6 Å². The van der Waals surface area contributed by atoms with Gasteiger partial charge < -0.3 is 13.8 Å². The Kier molecular flexibility index (Phi) is 10.4. The first-order valence-corrected chi connectivity index (χ1v) is 15.9. The number of nitrogens with zero attached hydrogens (tertiary/aromatic N) is 2. The molecule has 1 heterocycles. The van der Waals surface area contributed by atoms with Gasteiger partial charge in [-0.05, 0) is 41.5 Å². The average molecular weight is 810 g/mol. The molecule has 47 heavy (non-hydrogen) atoms. The number of carbonyl (C=O) groups is 1. The Bertz CT molecular complexity index is 1690. The maximum absolute atomic E-state index is 13.8. The molecule has 0 spiro atoms. The summed E-state index contributed by atoms with van der Waals surface area (Å²) < 4.78 is 151. The van der Waals surface area contributed by atoms with Crippen molar-refractivity contribution in [1.82, 2.24) is 9.80 Å². The number of carbonyl (C=O) groups excluding carboxylic acids is 1. The van der Waals surface area contributed by atoms with Crippen LogP contribution in [0, 0.1) is 0 Å². The molecule has 7 nitrogen and oxygen atoms in total. The first kappa shape index (κ1) is 36.6. The van der Waals surface area contributed by atoms with E-state index in [4.69, 9.17) is 4.74 Å². The molecule has 3 aromatic rings. The molecule has 0 saturated carbocycles. The van der Waals surface area contributed by atoms with Crippen LogP contribution in [0.5, 0.6) is 11.5 Å². The van der Waals surface area contributed by atoms with E-state index in [1.165, 1.54) is 6.07 Å². The van der Waals surface area contributed by atoms with Gasteiger partial charge in [0.25, 0.3) is 5.91 Å². The zero-order chi connectivity index (χ0) is 35.0. The minimum Gasteiger partial charge on any atom is -0.493 e. The summed E-state index contributed by atoms with van der Waals surface area (Å²) in [5.74, 6) is -2.32. The number of alkyl halides is 10. The number of halogens is 10. The van der Waals surface area contributed by atoms with E-state index in [9.17, 15) is 52.7 Å². The Labute approximate surface area is 276 Å². The summed E-state index contributed by atoms with van der Waals surface area (Å²) in [5.41, 5.74) is -8.74. The van der Waals surface area contributed by atoms with Gasteiger partial charge in [-0.2, -0.15) is 47.9 Å². The van der Waals surface area contributed by atoms with E-state index < -0.39 is 65.6 Å². The van der Waals surface area contributed by atoms with Gasteiger partial charge >= 0.3 is 28.0 Å². The van der Waals surface area contributed by atoms with Gasteiger partial charge in [-0.3, -0.25) is 9.69 Å². The molecule has 1 fully saturated rings. The van der Waals surface area contributed by atoms with E-state index in [0.29, 0.717) is 18.7 Å². The Morgan fingerprint density at radius 1 is 0.830 bits per heavy atom. The van der Waals surface area contributed by atoms with E-state index in [1.807, 2.05) is 39.6 Å². The Balaban J connectivity index is 1.74. The van der Waals surface area contributed by atoms with Crippen LogP contribution in [0.15, 0.2) is 66.7 Å². The lowest BCUT2D eigenvalue weighted by atomic mass is 9.98. The number of methoxy groups -OCH3 is 1. The lowest BCUT2D eigenvalue weighted by Gasteiger charge is -2.48. The van der Waals surface area contributed by atoms with Crippen LogP contribution in [0.2, 0.25) is 0 Å². The number of piperazine rings is 1. The molecule has 4 rings (SSSR count). The van der Waals surface area contributed by atoms with Crippen molar-refractivity contribution in [1.29, 1.82) is 0 Å². The van der Waals surface area contributed by atoms with E-state index in [2.05, 4.69) is 4.18 Å². The normalized spacial score (nSPS) is 18.2. The van der Waals surface area contributed by atoms with Crippen molar-refractivity contribution in [2.75, 3.05) is 26.7 Å². The summed E-state index contributed by atoms with van der Waals surface area (Å²) in [5, 5.41) is 0. The molecule has 1 saturated heterocycles. The zero-order valence-corrected chi connectivity index (χ0v) is 27.0. The van der Waals surface area contributed by atoms with Gasteiger partial charge in [-0.25, -0.2) is 0 Å². The molecule has 256 valence electrons. The SMILES string of the molecule is COc1cc(C[C@@]2(I)CN(Cc3ccccc3)CCN2C(=O)c2cc(C(F)(F)F)cc(C(F)(F)F)c2)ccc1OS(=O)(=O)C(F)(F)F. The second-order valence-electron chi connectivity index (χ2n) is 10.5. The molecule has 3 aromatic carbocycles. The van der Waals surface area contributed by atoms with E-state index in [0.717, 1.165) is 29.7 Å². The predicted molar refractivity (Wildman–Crippen MR) is 158 cm³/mol. The highest BCUT2D eigenvalue weighted by atomic mass is 127. The van der Waals surface area contributed by atoms with Crippen molar-refractivity contribution in [2.24, 2.45) is 0 Å². The summed E-state index contributed by atoms with van der Waals surface area (Å²) in [7, 11) is -5.01. The summed E-state index contributed by atoms with van der Waals surface area (Å²) in [6, 6.07) is 13.0. The smallest absolute Gasteiger partial charge is 0.493 e. The minimum atomic E-state index is -6.05. The van der Waals surface area contributed by atoms with Gasteiger partial charge in [0.1, 0.15) is 3.55 Å². The largest absolute Gasteiger partial charge is 0.534 e. The molecule has 0 radical (unpaired) electrons. The second-order valence-corrected chi connectivity index (χ2v) is 14.1. The maximum Gasteiger partial charge on any atom is 0.534 e. The number of ether oxygens (including phenoxy) is 1. The van der Waals surface area contributed by atoms with Gasteiger partial charge in [0, 0.05) is 38.2 Å². The monoisotopic (exact) mass is 810 g/mol. The Morgan fingerprint density at radius 3 is 1.96 bits per heavy atom. The zero-order valence-electron chi connectivity index (χ0n) is 24.0. The third-order valence-corrected chi connectivity index (χ3v) is 9.38. The molecule has 1 amide bonds.